The Labute approximate surface area is 119 Å². The molecule has 1 aromatic rings. The molecule has 2 N–H and O–H groups in total. The number of hydrogen-bond donors (Lipinski definition) is 2. The summed E-state index contributed by atoms with van der Waals surface area (Å²) in [5.74, 6) is 0.120. The van der Waals surface area contributed by atoms with Gasteiger partial charge in [-0.1, -0.05) is 13.8 Å². The maximum atomic E-state index is 12.2. The van der Waals surface area contributed by atoms with Crippen molar-refractivity contribution in [2.45, 2.75) is 39.2 Å². The van der Waals surface area contributed by atoms with Crippen molar-refractivity contribution < 1.29 is 14.7 Å². The highest BCUT2D eigenvalue weighted by atomic mass is 16.4. The molecule has 3 unspecified atom stereocenters. The summed E-state index contributed by atoms with van der Waals surface area (Å²) in [4.78, 5) is 22.9. The summed E-state index contributed by atoms with van der Waals surface area (Å²) >= 11 is 0. The summed E-state index contributed by atoms with van der Waals surface area (Å²) in [7, 11) is 0. The molecule has 4 nitrogen and oxygen atoms in total. The third-order valence-electron chi connectivity index (χ3n) is 4.14. The second-order valence-electron chi connectivity index (χ2n) is 5.86. The Morgan fingerprint density at radius 3 is 2.25 bits per heavy atom. The zero-order valence-corrected chi connectivity index (χ0v) is 11.9. The van der Waals surface area contributed by atoms with Crippen LogP contribution in [0.1, 0.15) is 53.8 Å². The van der Waals surface area contributed by atoms with Crippen LogP contribution in [0.25, 0.3) is 0 Å². The van der Waals surface area contributed by atoms with Crippen molar-refractivity contribution in [2.24, 2.45) is 11.8 Å². The van der Waals surface area contributed by atoms with Crippen LogP contribution in [0.3, 0.4) is 0 Å². The zero-order chi connectivity index (χ0) is 14.7. The van der Waals surface area contributed by atoms with Crippen LogP contribution in [-0.4, -0.2) is 23.0 Å². The summed E-state index contributed by atoms with van der Waals surface area (Å²) < 4.78 is 0. The van der Waals surface area contributed by atoms with Crippen LogP contribution in [0.4, 0.5) is 0 Å². The van der Waals surface area contributed by atoms with Crippen molar-refractivity contribution in [3.05, 3.63) is 35.4 Å². The minimum atomic E-state index is -0.980. The van der Waals surface area contributed by atoms with Crippen LogP contribution in [0, 0.1) is 11.8 Å². The molecular weight excluding hydrogens is 254 g/mol. The maximum Gasteiger partial charge on any atom is 0.335 e. The van der Waals surface area contributed by atoms with Gasteiger partial charge in [-0.2, -0.15) is 0 Å². The van der Waals surface area contributed by atoms with Crippen molar-refractivity contribution in [2.75, 3.05) is 0 Å². The molecule has 0 radical (unpaired) electrons. The molecule has 20 heavy (non-hydrogen) atoms. The highest BCUT2D eigenvalue weighted by Gasteiger charge is 2.26. The Bertz CT molecular complexity index is 495. The van der Waals surface area contributed by atoms with Gasteiger partial charge in [-0.05, 0) is 55.4 Å². The van der Waals surface area contributed by atoms with Crippen LogP contribution in [0.15, 0.2) is 24.3 Å². The molecule has 0 aliphatic heterocycles. The molecular formula is C16H21NO3. The fourth-order valence-corrected chi connectivity index (χ4v) is 2.90. The van der Waals surface area contributed by atoms with E-state index in [1.54, 1.807) is 12.1 Å². The molecule has 0 spiro atoms. The first-order chi connectivity index (χ1) is 9.47. The van der Waals surface area contributed by atoms with Gasteiger partial charge in [0.05, 0.1) is 5.56 Å². The van der Waals surface area contributed by atoms with Gasteiger partial charge in [0, 0.05) is 11.6 Å². The van der Waals surface area contributed by atoms with Gasteiger partial charge in [-0.15, -0.1) is 0 Å². The van der Waals surface area contributed by atoms with E-state index in [0.717, 1.165) is 25.2 Å². The number of carboxylic acids is 1. The third kappa shape index (κ3) is 3.38. The van der Waals surface area contributed by atoms with Crippen LogP contribution < -0.4 is 5.32 Å². The Balaban J connectivity index is 1.99. The molecule has 108 valence electrons. The second kappa shape index (κ2) is 6.07. The van der Waals surface area contributed by atoms with Crippen molar-refractivity contribution in [3.8, 4) is 0 Å². The predicted octanol–water partition coefficient (Wildman–Crippen LogP) is 2.94. The van der Waals surface area contributed by atoms with Crippen LogP contribution in [0.2, 0.25) is 0 Å². The lowest BCUT2D eigenvalue weighted by Crippen LogP contribution is -2.42. The lowest BCUT2D eigenvalue weighted by Gasteiger charge is -2.33. The first-order valence-corrected chi connectivity index (χ1v) is 7.11. The van der Waals surface area contributed by atoms with Gasteiger partial charge in [0.25, 0.3) is 5.91 Å². The van der Waals surface area contributed by atoms with Gasteiger partial charge in [0.1, 0.15) is 0 Å². The highest BCUT2D eigenvalue weighted by Crippen LogP contribution is 2.28. The topological polar surface area (TPSA) is 66.4 Å². The van der Waals surface area contributed by atoms with E-state index in [0.29, 0.717) is 11.5 Å². The summed E-state index contributed by atoms with van der Waals surface area (Å²) in [6.45, 7) is 4.42. The highest BCUT2D eigenvalue weighted by molar-refractivity contribution is 5.96. The smallest absolute Gasteiger partial charge is 0.335 e. The molecule has 1 aliphatic rings. The summed E-state index contributed by atoms with van der Waals surface area (Å²) in [5.41, 5.74) is 0.710. The molecule has 2 rings (SSSR count). The lowest BCUT2D eigenvalue weighted by molar-refractivity contribution is 0.0696. The molecule has 3 atom stereocenters. The molecule has 0 saturated heterocycles. The quantitative estimate of drug-likeness (QED) is 0.891. The average Bonchev–Trinajstić information content (AvgIpc) is 2.42. The molecule has 1 aromatic carbocycles. The second-order valence-corrected chi connectivity index (χ2v) is 5.86. The van der Waals surface area contributed by atoms with Gasteiger partial charge in [0.15, 0.2) is 0 Å². The van der Waals surface area contributed by atoms with Gasteiger partial charge in [-0.3, -0.25) is 4.79 Å². The summed E-state index contributed by atoms with van der Waals surface area (Å²) in [6.07, 6.45) is 3.30. The first-order valence-electron chi connectivity index (χ1n) is 7.11. The molecule has 4 heteroatoms. The average molecular weight is 275 g/mol. The number of carboxylic acid groups (broad SMARTS) is 1. The number of nitrogens with one attached hydrogen (secondary N) is 1. The SMILES string of the molecule is CC1CCC(NC(=O)c2ccc(C(=O)O)cc2)C(C)C1. The normalized spacial score (nSPS) is 26.0. The number of carbonyl (C=O) groups is 2. The number of rotatable bonds is 3. The van der Waals surface area contributed by atoms with E-state index in [1.807, 2.05) is 0 Å². The molecule has 0 bridgehead atoms. The zero-order valence-electron chi connectivity index (χ0n) is 11.9. The number of hydrogen-bond acceptors (Lipinski definition) is 2. The van der Waals surface area contributed by atoms with Crippen LogP contribution in [-0.2, 0) is 0 Å². The van der Waals surface area contributed by atoms with Gasteiger partial charge < -0.3 is 10.4 Å². The van der Waals surface area contributed by atoms with Crippen molar-refractivity contribution in [1.29, 1.82) is 0 Å². The van der Waals surface area contributed by atoms with E-state index in [4.69, 9.17) is 5.11 Å². The van der Waals surface area contributed by atoms with E-state index >= 15 is 0 Å². The monoisotopic (exact) mass is 275 g/mol. The van der Waals surface area contributed by atoms with Crippen LogP contribution in [0.5, 0.6) is 0 Å². The van der Waals surface area contributed by atoms with E-state index in [2.05, 4.69) is 19.2 Å². The third-order valence-corrected chi connectivity index (χ3v) is 4.14. The Morgan fingerprint density at radius 1 is 1.10 bits per heavy atom. The van der Waals surface area contributed by atoms with E-state index in [-0.39, 0.29) is 17.5 Å². The van der Waals surface area contributed by atoms with Crippen molar-refractivity contribution in [3.63, 3.8) is 0 Å². The Kier molecular flexibility index (Phi) is 4.42. The summed E-state index contributed by atoms with van der Waals surface area (Å²) in [5, 5.41) is 11.9. The predicted molar refractivity (Wildman–Crippen MR) is 76.8 cm³/mol. The molecule has 1 amide bonds. The minimum absolute atomic E-state index is 0.117. The number of amides is 1. The van der Waals surface area contributed by atoms with E-state index in [9.17, 15) is 9.59 Å². The van der Waals surface area contributed by atoms with Gasteiger partial charge in [-0.25, -0.2) is 4.79 Å². The lowest BCUT2D eigenvalue weighted by atomic mass is 9.80. The largest absolute Gasteiger partial charge is 0.478 e. The fourth-order valence-electron chi connectivity index (χ4n) is 2.90. The molecule has 1 aliphatic carbocycles. The van der Waals surface area contributed by atoms with Crippen molar-refractivity contribution >= 4 is 11.9 Å². The number of carbonyl (C=O) groups excluding carboxylic acids is 1. The van der Waals surface area contributed by atoms with Gasteiger partial charge in [0.2, 0.25) is 0 Å². The van der Waals surface area contributed by atoms with Crippen LogP contribution >= 0.6 is 0 Å². The minimum Gasteiger partial charge on any atom is -0.478 e. The molecule has 1 saturated carbocycles. The Morgan fingerprint density at radius 2 is 1.70 bits per heavy atom. The number of benzene rings is 1. The maximum absolute atomic E-state index is 12.2. The van der Waals surface area contributed by atoms with E-state index in [1.165, 1.54) is 12.1 Å². The fraction of sp³-hybridized carbons (Fsp3) is 0.500. The van der Waals surface area contributed by atoms with Gasteiger partial charge >= 0.3 is 5.97 Å². The molecule has 0 aromatic heterocycles. The Hall–Kier alpha value is -1.84. The first kappa shape index (κ1) is 14.6. The molecule has 1 fully saturated rings. The standard InChI is InChI=1S/C16H21NO3/c1-10-3-8-14(11(2)9-10)17-15(18)12-4-6-13(7-5-12)16(19)20/h4-7,10-11,14H,3,8-9H2,1-2H3,(H,17,18)(H,19,20). The molecule has 0 heterocycles. The van der Waals surface area contributed by atoms with Crippen molar-refractivity contribution in [1.82, 2.24) is 5.32 Å². The van der Waals surface area contributed by atoms with E-state index < -0.39 is 5.97 Å². The number of aromatic carboxylic acids is 1. The summed E-state index contributed by atoms with van der Waals surface area (Å²) in [6, 6.07) is 6.27.